The van der Waals surface area contributed by atoms with Gasteiger partial charge in [-0.3, -0.25) is 9.59 Å². The van der Waals surface area contributed by atoms with Crippen molar-refractivity contribution >= 4 is 17.5 Å². The lowest BCUT2D eigenvalue weighted by molar-refractivity contribution is -0.146. The number of aromatic nitrogens is 1. The average molecular weight is 443 g/mol. The van der Waals surface area contributed by atoms with Gasteiger partial charge in [0.1, 0.15) is 23.2 Å². The SMILES string of the molecule is O=C(O)C(=O)C=C(O)c1cc(Cc2ccc(F)cc2)cn(Cc2c(F)cccc2F)c1=O. The number of carbonyl (C=O) groups excluding carboxylic acids is 1. The number of aliphatic carboxylic acids is 1. The molecule has 1 aromatic heterocycles. The highest BCUT2D eigenvalue weighted by Gasteiger charge is 2.17. The Morgan fingerprint density at radius 1 is 0.938 bits per heavy atom. The third-order valence-electron chi connectivity index (χ3n) is 4.61. The van der Waals surface area contributed by atoms with Gasteiger partial charge in [0.25, 0.3) is 11.3 Å². The molecule has 3 aromatic rings. The highest BCUT2D eigenvalue weighted by molar-refractivity contribution is 6.38. The first-order valence-corrected chi connectivity index (χ1v) is 9.24. The van der Waals surface area contributed by atoms with Crippen LogP contribution in [0, 0.1) is 17.5 Å². The van der Waals surface area contributed by atoms with Crippen LogP contribution in [0.1, 0.15) is 22.3 Å². The van der Waals surface area contributed by atoms with E-state index in [0.717, 1.165) is 16.7 Å². The standard InChI is InChI=1S/C23H16F3NO5/c24-15-6-4-13(5-7-15)8-14-9-16(20(28)10-21(29)23(31)32)22(30)27(11-14)12-17-18(25)2-1-3-19(17)26/h1-7,9-11,28H,8,12H2,(H,31,32). The third kappa shape index (κ3) is 5.12. The molecule has 0 aliphatic heterocycles. The molecule has 0 saturated heterocycles. The van der Waals surface area contributed by atoms with E-state index in [1.807, 2.05) is 0 Å². The molecule has 0 aliphatic carbocycles. The third-order valence-corrected chi connectivity index (χ3v) is 4.61. The molecule has 1 heterocycles. The highest BCUT2D eigenvalue weighted by Crippen LogP contribution is 2.17. The number of halogens is 3. The summed E-state index contributed by atoms with van der Waals surface area (Å²) < 4.78 is 42.3. The Morgan fingerprint density at radius 3 is 2.16 bits per heavy atom. The quantitative estimate of drug-likeness (QED) is 0.331. The van der Waals surface area contributed by atoms with Crippen LogP contribution in [0.4, 0.5) is 13.2 Å². The van der Waals surface area contributed by atoms with Crippen LogP contribution >= 0.6 is 0 Å². The van der Waals surface area contributed by atoms with Gasteiger partial charge >= 0.3 is 5.97 Å². The molecule has 0 aliphatic rings. The summed E-state index contributed by atoms with van der Waals surface area (Å²) in [4.78, 5) is 35.0. The average Bonchev–Trinajstić information content (AvgIpc) is 2.74. The van der Waals surface area contributed by atoms with Crippen molar-refractivity contribution in [2.45, 2.75) is 13.0 Å². The maximum Gasteiger partial charge on any atom is 0.376 e. The number of carbonyl (C=O) groups is 2. The van der Waals surface area contributed by atoms with Crippen molar-refractivity contribution in [3.63, 3.8) is 0 Å². The van der Waals surface area contributed by atoms with Crippen LogP contribution in [0.5, 0.6) is 0 Å². The number of hydrogen-bond acceptors (Lipinski definition) is 4. The molecule has 0 saturated carbocycles. The number of aliphatic hydroxyl groups is 1. The fourth-order valence-electron chi connectivity index (χ4n) is 3.05. The van der Waals surface area contributed by atoms with Crippen LogP contribution in [-0.4, -0.2) is 26.5 Å². The first kappa shape index (κ1) is 22.5. The normalized spacial score (nSPS) is 11.4. The minimum atomic E-state index is -1.84. The molecule has 0 atom stereocenters. The van der Waals surface area contributed by atoms with Crippen LogP contribution < -0.4 is 5.56 Å². The molecule has 9 heteroatoms. The second kappa shape index (κ2) is 9.34. The molecule has 0 fully saturated rings. The van der Waals surface area contributed by atoms with Gasteiger partial charge in [-0.05, 0) is 47.9 Å². The lowest BCUT2D eigenvalue weighted by atomic mass is 10.0. The summed E-state index contributed by atoms with van der Waals surface area (Å²) in [5.74, 6) is -6.44. The topological polar surface area (TPSA) is 96.6 Å². The van der Waals surface area contributed by atoms with E-state index in [2.05, 4.69) is 0 Å². The largest absolute Gasteiger partial charge is 0.507 e. The fourth-order valence-corrected chi connectivity index (χ4v) is 3.05. The smallest absolute Gasteiger partial charge is 0.376 e. The summed E-state index contributed by atoms with van der Waals surface area (Å²) >= 11 is 0. The molecule has 0 radical (unpaired) electrons. The molecular formula is C23H16F3NO5. The van der Waals surface area contributed by atoms with Crippen molar-refractivity contribution in [1.29, 1.82) is 0 Å². The number of nitrogens with zero attached hydrogens (tertiary/aromatic N) is 1. The zero-order valence-corrected chi connectivity index (χ0v) is 16.4. The van der Waals surface area contributed by atoms with Crippen molar-refractivity contribution in [3.05, 3.63) is 111 Å². The lowest BCUT2D eigenvalue weighted by Crippen LogP contribution is -2.25. The molecule has 3 rings (SSSR count). The number of pyridine rings is 1. The molecule has 0 amide bonds. The van der Waals surface area contributed by atoms with Gasteiger partial charge in [-0.25, -0.2) is 18.0 Å². The van der Waals surface area contributed by atoms with Crippen LogP contribution in [0.15, 0.2) is 65.6 Å². The van der Waals surface area contributed by atoms with Crippen LogP contribution in [0.2, 0.25) is 0 Å². The molecule has 6 nitrogen and oxygen atoms in total. The number of aliphatic hydroxyl groups excluding tert-OH is 1. The Labute approximate surface area is 179 Å². The maximum absolute atomic E-state index is 14.1. The number of carboxylic acids is 1. The van der Waals surface area contributed by atoms with Gasteiger partial charge in [-0.1, -0.05) is 18.2 Å². The Hall–Kier alpha value is -4.14. The van der Waals surface area contributed by atoms with E-state index >= 15 is 0 Å². The Morgan fingerprint density at radius 2 is 1.56 bits per heavy atom. The van der Waals surface area contributed by atoms with Crippen LogP contribution in [0.25, 0.3) is 5.76 Å². The van der Waals surface area contributed by atoms with Gasteiger partial charge in [0.15, 0.2) is 0 Å². The summed E-state index contributed by atoms with van der Waals surface area (Å²) in [6, 6.07) is 9.87. The van der Waals surface area contributed by atoms with E-state index in [0.29, 0.717) is 17.2 Å². The summed E-state index contributed by atoms with van der Waals surface area (Å²) in [5.41, 5.74) is -0.724. The molecule has 2 N–H and O–H groups in total. The Bertz CT molecular complexity index is 1260. The first-order chi connectivity index (χ1) is 15.2. The van der Waals surface area contributed by atoms with E-state index in [1.165, 1.54) is 42.6 Å². The molecule has 32 heavy (non-hydrogen) atoms. The van der Waals surface area contributed by atoms with Gasteiger partial charge in [0.2, 0.25) is 0 Å². The summed E-state index contributed by atoms with van der Waals surface area (Å²) in [5, 5.41) is 18.9. The number of benzene rings is 2. The van der Waals surface area contributed by atoms with E-state index in [-0.39, 0.29) is 6.42 Å². The second-order valence-corrected chi connectivity index (χ2v) is 6.90. The predicted octanol–water partition coefficient (Wildman–Crippen LogP) is 3.46. The van der Waals surface area contributed by atoms with Gasteiger partial charge in [-0.2, -0.15) is 0 Å². The molecular weight excluding hydrogens is 427 g/mol. The van der Waals surface area contributed by atoms with Crippen molar-refractivity contribution in [2.24, 2.45) is 0 Å². The molecule has 0 unspecified atom stereocenters. The summed E-state index contributed by atoms with van der Waals surface area (Å²) in [7, 11) is 0. The van der Waals surface area contributed by atoms with Crippen molar-refractivity contribution in [2.75, 3.05) is 0 Å². The maximum atomic E-state index is 14.1. The number of rotatable bonds is 7. The van der Waals surface area contributed by atoms with E-state index in [4.69, 9.17) is 5.11 Å². The van der Waals surface area contributed by atoms with Crippen LogP contribution in [0.3, 0.4) is 0 Å². The molecule has 0 spiro atoms. The monoisotopic (exact) mass is 443 g/mol. The second-order valence-electron chi connectivity index (χ2n) is 6.90. The van der Waals surface area contributed by atoms with E-state index in [9.17, 15) is 32.7 Å². The lowest BCUT2D eigenvalue weighted by Gasteiger charge is -2.13. The number of hydrogen-bond donors (Lipinski definition) is 2. The van der Waals surface area contributed by atoms with Gasteiger partial charge in [-0.15, -0.1) is 0 Å². The zero-order valence-electron chi connectivity index (χ0n) is 16.4. The number of ketones is 1. The summed E-state index contributed by atoms with van der Waals surface area (Å²) in [6.45, 7) is -0.526. The fraction of sp³-hybridized carbons (Fsp3) is 0.0870. The number of carboxylic acid groups (broad SMARTS) is 1. The first-order valence-electron chi connectivity index (χ1n) is 9.24. The van der Waals surface area contributed by atoms with Crippen molar-refractivity contribution in [3.8, 4) is 0 Å². The Balaban J connectivity index is 2.12. The molecule has 0 bridgehead atoms. The van der Waals surface area contributed by atoms with Crippen molar-refractivity contribution in [1.82, 2.24) is 4.57 Å². The van der Waals surface area contributed by atoms with Gasteiger partial charge < -0.3 is 14.8 Å². The van der Waals surface area contributed by atoms with Gasteiger partial charge in [0.05, 0.1) is 12.1 Å². The van der Waals surface area contributed by atoms with Crippen LogP contribution in [-0.2, 0) is 22.6 Å². The van der Waals surface area contributed by atoms with E-state index in [1.54, 1.807) is 0 Å². The minimum absolute atomic E-state index is 0.146. The van der Waals surface area contributed by atoms with Crippen molar-refractivity contribution < 1.29 is 33.0 Å². The molecule has 2 aromatic carbocycles. The minimum Gasteiger partial charge on any atom is -0.507 e. The molecule has 164 valence electrons. The highest BCUT2D eigenvalue weighted by atomic mass is 19.1. The Kier molecular flexibility index (Phi) is 6.58. The summed E-state index contributed by atoms with van der Waals surface area (Å²) in [6.07, 6.45) is 1.83. The zero-order chi connectivity index (χ0) is 23.4. The van der Waals surface area contributed by atoms with E-state index < -0.39 is 58.2 Å². The predicted molar refractivity (Wildman–Crippen MR) is 109 cm³/mol. The van der Waals surface area contributed by atoms with Gasteiger partial charge in [0, 0.05) is 17.8 Å².